The van der Waals surface area contributed by atoms with E-state index in [-0.39, 0.29) is 17.5 Å². The molecular weight excluding hydrogens is 772 g/mol. The van der Waals surface area contributed by atoms with E-state index in [1.807, 2.05) is 17.4 Å². The van der Waals surface area contributed by atoms with E-state index in [1.165, 1.54) is 87.1 Å². The van der Waals surface area contributed by atoms with E-state index in [0.717, 1.165) is 33.3 Å². The molecule has 0 saturated carbocycles. The van der Waals surface area contributed by atoms with Crippen LogP contribution in [0.1, 0.15) is 58.2 Å². The number of hydrogen-bond acceptors (Lipinski definition) is 4. The average Bonchev–Trinajstić information content (AvgIpc) is 3.83. The SMILES string of the molecule is Cc1cc2c3c(c1)N(c1ccc4c(c1)oc1ccccc14)c1ccc(C(C)(C)C)cc1B3c1cc(C(C)(C)C)ccc1N2c1ccc(-c2cccc3c2sc2ccccc23)cc1. The Kier molecular flexibility index (Phi) is 7.94. The van der Waals surface area contributed by atoms with Crippen molar-refractivity contribution in [2.45, 2.75) is 59.3 Å². The highest BCUT2D eigenvalue weighted by atomic mass is 32.1. The Labute approximate surface area is 367 Å². The molecular formula is C57H47BN2OS. The van der Waals surface area contributed by atoms with Crippen LogP contribution in [0.5, 0.6) is 0 Å². The Morgan fingerprint density at radius 1 is 0.484 bits per heavy atom. The number of aryl methyl sites for hydroxylation is 1. The Morgan fingerprint density at radius 2 is 1.06 bits per heavy atom. The van der Waals surface area contributed by atoms with Crippen LogP contribution in [0.25, 0.3) is 53.2 Å². The first-order chi connectivity index (χ1) is 29.9. The zero-order valence-electron chi connectivity index (χ0n) is 36.3. The number of para-hydroxylation sites is 1. The minimum absolute atomic E-state index is 0.0235. The monoisotopic (exact) mass is 818 g/mol. The van der Waals surface area contributed by atoms with Gasteiger partial charge in [-0.25, -0.2) is 0 Å². The molecule has 4 heterocycles. The summed E-state index contributed by atoms with van der Waals surface area (Å²) >= 11 is 1.89. The average molecular weight is 819 g/mol. The number of hydrogen-bond donors (Lipinski definition) is 0. The molecule has 12 rings (SSSR count). The van der Waals surface area contributed by atoms with Crippen LogP contribution in [0, 0.1) is 6.92 Å². The molecule has 5 heteroatoms. The lowest BCUT2D eigenvalue weighted by Gasteiger charge is -2.45. The van der Waals surface area contributed by atoms with Crippen LogP contribution in [-0.2, 0) is 10.8 Å². The lowest BCUT2D eigenvalue weighted by Crippen LogP contribution is -2.61. The molecule has 3 nitrogen and oxygen atoms in total. The molecule has 62 heavy (non-hydrogen) atoms. The molecule has 0 unspecified atom stereocenters. The highest BCUT2D eigenvalue weighted by Gasteiger charge is 2.44. The molecule has 0 fully saturated rings. The fraction of sp³-hybridized carbons (Fsp3) is 0.158. The molecule has 0 amide bonds. The Hall–Kier alpha value is -6.56. The van der Waals surface area contributed by atoms with Gasteiger partial charge >= 0.3 is 0 Å². The third-order valence-corrected chi connectivity index (χ3v) is 14.6. The first kappa shape index (κ1) is 37.2. The zero-order valence-corrected chi connectivity index (χ0v) is 37.1. The molecule has 2 aliphatic rings. The second-order valence-electron chi connectivity index (χ2n) is 19.5. The van der Waals surface area contributed by atoms with Crippen LogP contribution in [0.3, 0.4) is 0 Å². The largest absolute Gasteiger partial charge is 0.456 e. The molecule has 2 aromatic heterocycles. The molecule has 0 aliphatic carbocycles. The van der Waals surface area contributed by atoms with Crippen molar-refractivity contribution < 1.29 is 4.42 Å². The first-order valence-electron chi connectivity index (χ1n) is 21.9. The summed E-state index contributed by atoms with van der Waals surface area (Å²) < 4.78 is 9.20. The van der Waals surface area contributed by atoms with E-state index in [2.05, 4.69) is 210 Å². The van der Waals surface area contributed by atoms with Gasteiger partial charge in [0.25, 0.3) is 6.71 Å². The number of nitrogens with zero attached hydrogens (tertiary/aromatic N) is 2. The van der Waals surface area contributed by atoms with Gasteiger partial charge in [0.1, 0.15) is 11.2 Å². The predicted octanol–water partition coefficient (Wildman–Crippen LogP) is 14.6. The summed E-state index contributed by atoms with van der Waals surface area (Å²) in [5.41, 5.74) is 19.3. The highest BCUT2D eigenvalue weighted by molar-refractivity contribution is 7.26. The van der Waals surface area contributed by atoms with Crippen LogP contribution < -0.4 is 26.2 Å². The molecule has 0 atom stereocenters. The van der Waals surface area contributed by atoms with E-state index < -0.39 is 0 Å². The summed E-state index contributed by atoms with van der Waals surface area (Å²) in [4.78, 5) is 5.04. The van der Waals surface area contributed by atoms with Gasteiger partial charge in [-0.3, -0.25) is 0 Å². The number of rotatable bonds is 3. The second-order valence-corrected chi connectivity index (χ2v) is 20.5. The van der Waals surface area contributed by atoms with Crippen molar-refractivity contribution in [1.82, 2.24) is 0 Å². The molecule has 2 aliphatic heterocycles. The van der Waals surface area contributed by atoms with Crippen LogP contribution in [0.4, 0.5) is 34.1 Å². The van der Waals surface area contributed by atoms with Gasteiger partial charge in [-0.05, 0) is 123 Å². The lowest BCUT2D eigenvalue weighted by atomic mass is 9.33. The second kappa shape index (κ2) is 13.2. The van der Waals surface area contributed by atoms with Crippen molar-refractivity contribution in [2.24, 2.45) is 0 Å². The molecule has 300 valence electrons. The van der Waals surface area contributed by atoms with Crippen LogP contribution in [-0.4, -0.2) is 6.71 Å². The number of fused-ring (bicyclic) bond motifs is 10. The van der Waals surface area contributed by atoms with Crippen LogP contribution in [0.15, 0.2) is 162 Å². The van der Waals surface area contributed by atoms with Gasteiger partial charge in [-0.15, -0.1) is 11.3 Å². The highest BCUT2D eigenvalue weighted by Crippen LogP contribution is 2.47. The predicted molar refractivity (Wildman–Crippen MR) is 268 cm³/mol. The fourth-order valence-electron chi connectivity index (χ4n) is 10.2. The summed E-state index contributed by atoms with van der Waals surface area (Å²) in [6.45, 7) is 16.2. The number of benzene rings is 8. The lowest BCUT2D eigenvalue weighted by molar-refractivity contribution is 0.590. The summed E-state index contributed by atoms with van der Waals surface area (Å²) in [7, 11) is 0. The smallest absolute Gasteiger partial charge is 0.252 e. The van der Waals surface area contributed by atoms with Crippen molar-refractivity contribution >= 4 is 111 Å². The minimum Gasteiger partial charge on any atom is -0.456 e. The fourth-order valence-corrected chi connectivity index (χ4v) is 11.5. The van der Waals surface area contributed by atoms with E-state index in [9.17, 15) is 0 Å². The van der Waals surface area contributed by atoms with Gasteiger partial charge in [0.2, 0.25) is 0 Å². The van der Waals surface area contributed by atoms with Gasteiger partial charge < -0.3 is 14.2 Å². The normalized spacial score (nSPS) is 13.6. The summed E-state index contributed by atoms with van der Waals surface area (Å²) in [6.07, 6.45) is 0. The van der Waals surface area contributed by atoms with Crippen LogP contribution in [0.2, 0.25) is 0 Å². The number of thiophene rings is 1. The third kappa shape index (κ3) is 5.57. The quantitative estimate of drug-likeness (QED) is 0.166. The molecule has 10 aromatic rings. The van der Waals surface area contributed by atoms with Gasteiger partial charge in [0.05, 0.1) is 0 Å². The summed E-state index contributed by atoms with van der Waals surface area (Å²) in [5, 5.41) is 4.93. The molecule has 0 spiro atoms. The van der Waals surface area contributed by atoms with Gasteiger partial charge in [0.15, 0.2) is 0 Å². The maximum atomic E-state index is 6.54. The zero-order chi connectivity index (χ0) is 42.2. The van der Waals surface area contributed by atoms with Gasteiger partial charge in [-0.2, -0.15) is 0 Å². The summed E-state index contributed by atoms with van der Waals surface area (Å²) in [5.74, 6) is 0. The maximum Gasteiger partial charge on any atom is 0.252 e. The van der Waals surface area contributed by atoms with Gasteiger partial charge in [0, 0.05) is 71.1 Å². The molecule has 0 bridgehead atoms. The van der Waals surface area contributed by atoms with Crippen molar-refractivity contribution in [3.05, 3.63) is 174 Å². The van der Waals surface area contributed by atoms with Crippen molar-refractivity contribution in [3.63, 3.8) is 0 Å². The summed E-state index contributed by atoms with van der Waals surface area (Å²) in [6, 6.07) is 59.3. The standard InChI is InChI=1S/C57H47BN2OS/c1-34-29-49-54-50(30-34)60(39-25-26-42-41-13-8-10-17-51(41)61-52(42)33-39)48-28-22-37(57(5,6)7)32-46(48)58(54)45-31-36(56(2,3)4)21-27-47(45)59(49)38-23-19-35(20-24-38)40-15-12-16-44-43-14-9-11-18-53(43)62-55(40)44/h8-33H,1-7H3. The Morgan fingerprint density at radius 3 is 1.74 bits per heavy atom. The Balaban J connectivity index is 1.10. The molecule has 0 radical (unpaired) electrons. The van der Waals surface area contributed by atoms with Gasteiger partial charge in [-0.1, -0.05) is 133 Å². The topological polar surface area (TPSA) is 19.6 Å². The van der Waals surface area contributed by atoms with E-state index in [4.69, 9.17) is 4.42 Å². The maximum absolute atomic E-state index is 6.54. The van der Waals surface area contributed by atoms with E-state index in [0.29, 0.717) is 0 Å². The minimum atomic E-state index is -0.0257. The Bertz CT molecular complexity index is 3470. The van der Waals surface area contributed by atoms with E-state index >= 15 is 0 Å². The van der Waals surface area contributed by atoms with Crippen LogP contribution >= 0.6 is 11.3 Å². The number of anilines is 6. The third-order valence-electron chi connectivity index (χ3n) is 13.4. The van der Waals surface area contributed by atoms with Crippen molar-refractivity contribution in [1.29, 1.82) is 0 Å². The first-order valence-corrected chi connectivity index (χ1v) is 22.7. The molecule has 0 N–H and O–H groups in total. The van der Waals surface area contributed by atoms with Crippen molar-refractivity contribution in [2.75, 3.05) is 9.80 Å². The molecule has 0 saturated heterocycles. The van der Waals surface area contributed by atoms with E-state index in [1.54, 1.807) is 0 Å². The van der Waals surface area contributed by atoms with Crippen molar-refractivity contribution in [3.8, 4) is 11.1 Å². The molecule has 8 aromatic carbocycles. The number of furan rings is 1.